The number of halogens is 2. The van der Waals surface area contributed by atoms with Crippen LogP contribution in [0.5, 0.6) is 11.5 Å². The van der Waals surface area contributed by atoms with Crippen molar-refractivity contribution in [3.63, 3.8) is 0 Å². The van der Waals surface area contributed by atoms with Crippen molar-refractivity contribution in [3.8, 4) is 11.5 Å². The third-order valence-corrected chi connectivity index (χ3v) is 4.03. The first kappa shape index (κ1) is 22.2. The van der Waals surface area contributed by atoms with Crippen molar-refractivity contribution in [2.24, 2.45) is 4.99 Å². The Balaban J connectivity index is 0.00000280. The molecule has 1 heterocycles. The van der Waals surface area contributed by atoms with Crippen molar-refractivity contribution in [2.75, 3.05) is 31.6 Å². The van der Waals surface area contributed by atoms with Crippen molar-refractivity contribution in [1.82, 2.24) is 5.32 Å². The Hall–Kier alpha value is -2.07. The highest BCUT2D eigenvalue weighted by Gasteiger charge is 2.12. The van der Waals surface area contributed by atoms with Gasteiger partial charge in [-0.2, -0.15) is 0 Å². The van der Waals surface area contributed by atoms with Crippen molar-refractivity contribution >= 4 is 35.6 Å². The van der Waals surface area contributed by atoms with E-state index in [-0.39, 0.29) is 36.3 Å². The molecule has 0 fully saturated rings. The monoisotopic (exact) mass is 501 g/mol. The third kappa shape index (κ3) is 6.23. The molecule has 0 aromatic heterocycles. The molecule has 0 bridgehead atoms. The molecule has 0 saturated carbocycles. The molecule has 1 unspecified atom stereocenters. The van der Waals surface area contributed by atoms with E-state index in [4.69, 9.17) is 9.47 Å². The molecule has 3 rings (SSSR count). The lowest BCUT2D eigenvalue weighted by molar-refractivity contribution is 0.187. The van der Waals surface area contributed by atoms with Crippen LogP contribution >= 0.6 is 24.0 Å². The number of fused-ring (bicyclic) bond motifs is 1. The third-order valence-electron chi connectivity index (χ3n) is 4.03. The van der Waals surface area contributed by atoms with E-state index in [1.807, 2.05) is 25.1 Å². The summed E-state index contributed by atoms with van der Waals surface area (Å²) in [5, 5.41) is 16.6. The molecule has 1 aliphatic rings. The Morgan fingerprint density at radius 1 is 1.14 bits per heavy atom. The van der Waals surface area contributed by atoms with E-state index in [0.29, 0.717) is 37.0 Å². The molecular formula is C20H25FIN3O3. The number of rotatable bonds is 5. The number of hydrogen-bond acceptors (Lipinski definition) is 4. The van der Waals surface area contributed by atoms with Crippen LogP contribution in [0.25, 0.3) is 0 Å². The Morgan fingerprint density at radius 2 is 1.86 bits per heavy atom. The van der Waals surface area contributed by atoms with Crippen molar-refractivity contribution in [1.29, 1.82) is 0 Å². The van der Waals surface area contributed by atoms with Crippen LogP contribution in [0.2, 0.25) is 0 Å². The highest BCUT2D eigenvalue weighted by Crippen LogP contribution is 2.32. The number of anilines is 1. The van der Waals surface area contributed by atoms with Gasteiger partial charge < -0.3 is 25.2 Å². The molecule has 0 saturated heterocycles. The topological polar surface area (TPSA) is 75.1 Å². The largest absolute Gasteiger partial charge is 0.490 e. The summed E-state index contributed by atoms with van der Waals surface area (Å²) >= 11 is 0. The highest BCUT2D eigenvalue weighted by molar-refractivity contribution is 14.0. The average molecular weight is 501 g/mol. The van der Waals surface area contributed by atoms with Gasteiger partial charge in [0.05, 0.1) is 25.9 Å². The second-order valence-corrected chi connectivity index (χ2v) is 6.12. The maximum Gasteiger partial charge on any atom is 0.195 e. The van der Waals surface area contributed by atoms with Crippen LogP contribution < -0.4 is 20.1 Å². The summed E-state index contributed by atoms with van der Waals surface area (Å²) in [5.41, 5.74) is 1.42. The van der Waals surface area contributed by atoms with Gasteiger partial charge in [-0.05, 0) is 36.8 Å². The summed E-state index contributed by atoms with van der Waals surface area (Å²) in [5.74, 6) is 1.62. The van der Waals surface area contributed by atoms with E-state index in [1.54, 1.807) is 12.1 Å². The number of ether oxygens (including phenoxy) is 2. The van der Waals surface area contributed by atoms with Gasteiger partial charge in [0.25, 0.3) is 0 Å². The van der Waals surface area contributed by atoms with Gasteiger partial charge in [0.2, 0.25) is 0 Å². The number of nitrogens with zero attached hydrogens (tertiary/aromatic N) is 1. The number of benzene rings is 2. The molecule has 8 heteroatoms. The predicted molar refractivity (Wildman–Crippen MR) is 118 cm³/mol. The molecule has 1 atom stereocenters. The standard InChI is InChI=1S/C20H24FN3O3.HI/c1-2-22-20(23-13-17(25)14-4-6-15(21)7-5-14)24-16-8-9-18-19(12-16)27-11-3-10-26-18;/h4-9,12,17,25H,2-3,10-11,13H2,1H3,(H2,22,23,24);1H. The molecule has 0 spiro atoms. The summed E-state index contributed by atoms with van der Waals surface area (Å²) in [6.07, 6.45) is 0.0350. The molecule has 0 radical (unpaired) electrons. The number of hydrogen-bond donors (Lipinski definition) is 3. The number of aliphatic hydroxyl groups excluding tert-OH is 1. The van der Waals surface area contributed by atoms with E-state index in [9.17, 15) is 9.50 Å². The second kappa shape index (κ2) is 11.1. The first-order valence-corrected chi connectivity index (χ1v) is 9.04. The van der Waals surface area contributed by atoms with Gasteiger partial charge in [-0.15, -0.1) is 24.0 Å². The summed E-state index contributed by atoms with van der Waals surface area (Å²) in [4.78, 5) is 4.42. The molecule has 2 aromatic rings. The van der Waals surface area contributed by atoms with Gasteiger partial charge in [-0.1, -0.05) is 12.1 Å². The zero-order valence-electron chi connectivity index (χ0n) is 15.7. The molecule has 28 heavy (non-hydrogen) atoms. The maximum atomic E-state index is 13.0. The Labute approximate surface area is 181 Å². The molecule has 3 N–H and O–H groups in total. The first-order chi connectivity index (χ1) is 13.2. The van der Waals surface area contributed by atoms with Gasteiger partial charge in [0.15, 0.2) is 17.5 Å². The van der Waals surface area contributed by atoms with Crippen LogP contribution in [-0.2, 0) is 0 Å². The van der Waals surface area contributed by atoms with E-state index < -0.39 is 6.10 Å². The first-order valence-electron chi connectivity index (χ1n) is 9.04. The molecule has 0 amide bonds. The van der Waals surface area contributed by atoms with Crippen molar-refractivity contribution in [3.05, 3.63) is 53.8 Å². The molecule has 0 aliphatic carbocycles. The van der Waals surface area contributed by atoms with Crippen molar-refractivity contribution in [2.45, 2.75) is 19.4 Å². The minimum atomic E-state index is -0.815. The number of aliphatic imine (C=N–C) groups is 1. The van der Waals surface area contributed by atoms with Gasteiger partial charge >= 0.3 is 0 Å². The second-order valence-electron chi connectivity index (χ2n) is 6.12. The zero-order valence-corrected chi connectivity index (χ0v) is 18.0. The molecule has 1 aliphatic heterocycles. The van der Waals surface area contributed by atoms with Crippen LogP contribution in [0.4, 0.5) is 10.1 Å². The summed E-state index contributed by atoms with van der Waals surface area (Å²) in [6.45, 7) is 4.04. The molecular weight excluding hydrogens is 476 g/mol. The van der Waals surface area contributed by atoms with Crippen LogP contribution in [0.15, 0.2) is 47.5 Å². The SMILES string of the molecule is CCNC(=NCC(O)c1ccc(F)cc1)Nc1ccc2c(c1)OCCCO2.I. The lowest BCUT2D eigenvalue weighted by Crippen LogP contribution is -2.31. The average Bonchev–Trinajstić information content (AvgIpc) is 2.91. The maximum absolute atomic E-state index is 13.0. The van der Waals surface area contributed by atoms with Gasteiger partial charge in [-0.25, -0.2) is 9.38 Å². The summed E-state index contributed by atoms with van der Waals surface area (Å²) in [6, 6.07) is 11.4. The van der Waals surface area contributed by atoms with E-state index in [1.165, 1.54) is 12.1 Å². The van der Waals surface area contributed by atoms with Gasteiger partial charge in [-0.3, -0.25) is 0 Å². The lowest BCUT2D eigenvalue weighted by atomic mass is 10.1. The van der Waals surface area contributed by atoms with Crippen LogP contribution in [0, 0.1) is 5.82 Å². The minimum Gasteiger partial charge on any atom is -0.490 e. The van der Waals surface area contributed by atoms with E-state index >= 15 is 0 Å². The number of guanidine groups is 1. The number of nitrogens with one attached hydrogen (secondary N) is 2. The van der Waals surface area contributed by atoms with Gasteiger partial charge in [0.1, 0.15) is 5.82 Å². The highest BCUT2D eigenvalue weighted by atomic mass is 127. The zero-order chi connectivity index (χ0) is 19.1. The quantitative estimate of drug-likeness (QED) is 0.331. The summed E-state index contributed by atoms with van der Waals surface area (Å²) < 4.78 is 24.3. The van der Waals surface area contributed by atoms with E-state index in [0.717, 1.165) is 17.9 Å². The predicted octanol–water partition coefficient (Wildman–Crippen LogP) is 3.72. The Kier molecular flexibility index (Phi) is 8.78. The van der Waals surface area contributed by atoms with Gasteiger partial charge in [0, 0.05) is 24.7 Å². The molecule has 6 nitrogen and oxygen atoms in total. The fraction of sp³-hybridized carbons (Fsp3) is 0.350. The molecule has 2 aromatic carbocycles. The van der Waals surface area contributed by atoms with Crippen molar-refractivity contribution < 1.29 is 19.0 Å². The van der Waals surface area contributed by atoms with Crippen LogP contribution in [0.1, 0.15) is 25.0 Å². The normalized spacial score (nSPS) is 14.5. The van der Waals surface area contributed by atoms with E-state index in [2.05, 4.69) is 15.6 Å². The smallest absolute Gasteiger partial charge is 0.195 e. The van der Waals surface area contributed by atoms with Crippen LogP contribution in [0.3, 0.4) is 0 Å². The fourth-order valence-electron chi connectivity index (χ4n) is 2.65. The Morgan fingerprint density at radius 3 is 2.57 bits per heavy atom. The Bertz CT molecular complexity index is 787. The summed E-state index contributed by atoms with van der Waals surface area (Å²) in [7, 11) is 0. The molecule has 152 valence electrons. The minimum absolute atomic E-state index is 0. The number of aliphatic hydroxyl groups is 1. The van der Waals surface area contributed by atoms with Crippen LogP contribution in [-0.4, -0.2) is 37.4 Å². The lowest BCUT2D eigenvalue weighted by Gasteiger charge is -2.15. The fourth-order valence-corrected chi connectivity index (χ4v) is 2.65.